The first-order valence-corrected chi connectivity index (χ1v) is 11.3. The van der Waals surface area contributed by atoms with E-state index in [9.17, 15) is 22.8 Å². The van der Waals surface area contributed by atoms with Crippen LogP contribution in [0.3, 0.4) is 0 Å². The van der Waals surface area contributed by atoms with Crippen LogP contribution in [0.5, 0.6) is 0 Å². The van der Waals surface area contributed by atoms with Crippen LogP contribution < -0.4 is 5.32 Å². The van der Waals surface area contributed by atoms with Gasteiger partial charge < -0.3 is 14.6 Å². The Morgan fingerprint density at radius 3 is 2.47 bits per heavy atom. The van der Waals surface area contributed by atoms with E-state index in [2.05, 4.69) is 10.3 Å². The first kappa shape index (κ1) is 25.1. The summed E-state index contributed by atoms with van der Waals surface area (Å²) >= 11 is 0.927. The van der Waals surface area contributed by atoms with E-state index < -0.39 is 18.7 Å². The van der Waals surface area contributed by atoms with E-state index in [1.54, 1.807) is 67.6 Å². The van der Waals surface area contributed by atoms with Crippen molar-refractivity contribution in [3.05, 3.63) is 72.4 Å². The molecule has 3 rings (SSSR count). The number of imidazole rings is 1. The summed E-state index contributed by atoms with van der Waals surface area (Å²) in [6.45, 7) is 0.797. The number of alkyl halides is 3. The normalized spacial score (nSPS) is 11.5. The lowest BCUT2D eigenvalue weighted by Crippen LogP contribution is -2.20. The van der Waals surface area contributed by atoms with Crippen molar-refractivity contribution in [2.24, 2.45) is 0 Å². The summed E-state index contributed by atoms with van der Waals surface area (Å²) in [6.07, 6.45) is -0.167. The van der Waals surface area contributed by atoms with E-state index >= 15 is 0 Å². The number of rotatable bonds is 9. The molecule has 34 heavy (non-hydrogen) atoms. The number of hydrogen-bond donors (Lipinski definition) is 1. The van der Waals surface area contributed by atoms with Gasteiger partial charge in [-0.1, -0.05) is 54.2 Å². The van der Waals surface area contributed by atoms with Crippen molar-refractivity contribution in [3.63, 3.8) is 0 Å². The summed E-state index contributed by atoms with van der Waals surface area (Å²) in [6, 6.07) is 15.4. The Labute approximate surface area is 198 Å². The molecule has 2 aromatic carbocycles. The van der Waals surface area contributed by atoms with E-state index in [0.717, 1.165) is 21.9 Å². The average molecular weight is 490 g/mol. The van der Waals surface area contributed by atoms with Gasteiger partial charge in [0.15, 0.2) is 5.16 Å². The van der Waals surface area contributed by atoms with E-state index in [-0.39, 0.29) is 23.4 Å². The predicted molar refractivity (Wildman–Crippen MR) is 125 cm³/mol. The first-order chi connectivity index (χ1) is 16.2. The molecule has 0 unspecified atom stereocenters. The number of ether oxygens (including phenoxy) is 1. The third kappa shape index (κ3) is 7.51. The lowest BCUT2D eigenvalue weighted by molar-refractivity contribution is -0.141. The molecule has 0 atom stereocenters. The number of esters is 1. The minimum atomic E-state index is -4.44. The van der Waals surface area contributed by atoms with Gasteiger partial charge in [0, 0.05) is 11.8 Å². The van der Waals surface area contributed by atoms with Crippen LogP contribution in [0.15, 0.2) is 72.0 Å². The van der Waals surface area contributed by atoms with Gasteiger partial charge in [-0.3, -0.25) is 4.79 Å². The zero-order valence-corrected chi connectivity index (χ0v) is 19.0. The van der Waals surface area contributed by atoms with Gasteiger partial charge in [0.25, 0.3) is 0 Å². The largest absolute Gasteiger partial charge is 0.463 e. The van der Waals surface area contributed by atoms with Gasteiger partial charge in [0.1, 0.15) is 6.54 Å². The maximum atomic E-state index is 13.2. The minimum Gasteiger partial charge on any atom is -0.463 e. The molecule has 0 aliphatic heterocycles. The van der Waals surface area contributed by atoms with E-state index in [0.29, 0.717) is 16.9 Å². The third-order valence-electron chi connectivity index (χ3n) is 4.45. The van der Waals surface area contributed by atoms with Crippen molar-refractivity contribution >= 4 is 35.4 Å². The maximum absolute atomic E-state index is 13.2. The lowest BCUT2D eigenvalue weighted by Gasteiger charge is -2.14. The second-order valence-corrected chi connectivity index (χ2v) is 7.98. The van der Waals surface area contributed by atoms with Gasteiger partial charge in [-0.05, 0) is 36.3 Å². The minimum absolute atomic E-state index is 0.103. The molecule has 0 saturated heterocycles. The van der Waals surface area contributed by atoms with Crippen molar-refractivity contribution in [2.45, 2.75) is 24.8 Å². The van der Waals surface area contributed by atoms with Crippen molar-refractivity contribution in [1.82, 2.24) is 9.55 Å². The monoisotopic (exact) mass is 489 g/mol. The smallest absolute Gasteiger partial charge is 0.406 e. The molecule has 0 saturated carbocycles. The second kappa shape index (κ2) is 11.6. The predicted octanol–water partition coefficient (Wildman–Crippen LogP) is 5.42. The molecule has 178 valence electrons. The summed E-state index contributed by atoms with van der Waals surface area (Å²) in [7, 11) is 0. The highest BCUT2D eigenvalue weighted by Gasteiger charge is 2.31. The fraction of sp³-hybridized carbons (Fsp3) is 0.208. The Balaban J connectivity index is 1.63. The Morgan fingerprint density at radius 1 is 1.12 bits per heavy atom. The van der Waals surface area contributed by atoms with Crippen LogP contribution >= 0.6 is 11.8 Å². The molecule has 0 spiro atoms. The molecule has 1 aromatic heterocycles. The van der Waals surface area contributed by atoms with Gasteiger partial charge in [-0.15, -0.1) is 0 Å². The zero-order chi connectivity index (χ0) is 24.6. The molecule has 0 aliphatic rings. The van der Waals surface area contributed by atoms with Crippen molar-refractivity contribution in [3.8, 4) is 11.3 Å². The molecule has 0 bridgehead atoms. The lowest BCUT2D eigenvalue weighted by atomic mass is 10.2. The van der Waals surface area contributed by atoms with Crippen molar-refractivity contribution < 1.29 is 27.5 Å². The maximum Gasteiger partial charge on any atom is 0.406 e. The fourth-order valence-corrected chi connectivity index (χ4v) is 3.78. The Morgan fingerprint density at radius 2 is 1.82 bits per heavy atom. The molecule has 1 N–H and O–H groups in total. The fourth-order valence-electron chi connectivity index (χ4n) is 3.00. The number of anilines is 1. The number of carbonyl (C=O) groups excluding carboxylic acids is 2. The van der Waals surface area contributed by atoms with Crippen LogP contribution in [-0.4, -0.2) is 40.0 Å². The van der Waals surface area contributed by atoms with Gasteiger partial charge in [0.2, 0.25) is 5.91 Å². The highest BCUT2D eigenvalue weighted by atomic mass is 32.2. The highest BCUT2D eigenvalue weighted by Crippen LogP contribution is 2.30. The number of hydrogen-bond acceptors (Lipinski definition) is 5. The van der Waals surface area contributed by atoms with Crippen LogP contribution in [0.1, 0.15) is 12.5 Å². The summed E-state index contributed by atoms with van der Waals surface area (Å²) in [5.74, 6) is -0.952. The van der Waals surface area contributed by atoms with E-state index in [1.807, 2.05) is 0 Å². The highest BCUT2D eigenvalue weighted by molar-refractivity contribution is 7.99. The van der Waals surface area contributed by atoms with Crippen LogP contribution in [-0.2, 0) is 20.9 Å². The summed E-state index contributed by atoms with van der Waals surface area (Å²) in [5.41, 5.74) is 2.19. The molecular formula is C24H22F3N3O3S. The van der Waals surface area contributed by atoms with Crippen LogP contribution in [0.2, 0.25) is 0 Å². The molecule has 3 aromatic rings. The summed E-state index contributed by atoms with van der Waals surface area (Å²) in [4.78, 5) is 27.8. The zero-order valence-electron chi connectivity index (χ0n) is 18.2. The average Bonchev–Trinajstić information content (AvgIpc) is 3.19. The Kier molecular flexibility index (Phi) is 8.53. The van der Waals surface area contributed by atoms with Crippen LogP contribution in [0, 0.1) is 0 Å². The number of carbonyl (C=O) groups is 2. The number of nitrogens with zero attached hydrogens (tertiary/aromatic N) is 2. The number of amides is 1. The summed E-state index contributed by atoms with van der Waals surface area (Å²) in [5, 5.41) is 2.80. The molecule has 1 amide bonds. The van der Waals surface area contributed by atoms with E-state index in [4.69, 9.17) is 4.74 Å². The van der Waals surface area contributed by atoms with Gasteiger partial charge >= 0.3 is 12.1 Å². The SMILES string of the molecule is CCOC(=O)/C=C/c1ccc(NC(=O)CSc2ncc(-c3ccccc3)n2CC(F)(F)F)cc1. The third-order valence-corrected chi connectivity index (χ3v) is 5.44. The number of aromatic nitrogens is 2. The molecule has 0 radical (unpaired) electrons. The molecule has 0 aliphatic carbocycles. The van der Waals surface area contributed by atoms with Crippen LogP contribution in [0.25, 0.3) is 17.3 Å². The number of halogens is 3. The molecule has 0 fully saturated rings. The quantitative estimate of drug-likeness (QED) is 0.247. The van der Waals surface area contributed by atoms with Crippen LogP contribution in [0.4, 0.5) is 18.9 Å². The summed E-state index contributed by atoms with van der Waals surface area (Å²) < 4.78 is 45.4. The van der Waals surface area contributed by atoms with Gasteiger partial charge in [0.05, 0.1) is 24.3 Å². The Bertz CT molecular complexity index is 1140. The molecule has 10 heteroatoms. The number of nitrogens with one attached hydrogen (secondary N) is 1. The second-order valence-electron chi connectivity index (χ2n) is 7.04. The van der Waals surface area contributed by atoms with Crippen molar-refractivity contribution in [2.75, 3.05) is 17.7 Å². The number of benzene rings is 2. The van der Waals surface area contributed by atoms with Crippen molar-refractivity contribution in [1.29, 1.82) is 0 Å². The molecule has 1 heterocycles. The van der Waals surface area contributed by atoms with E-state index in [1.165, 1.54) is 12.3 Å². The molecular weight excluding hydrogens is 467 g/mol. The van der Waals surface area contributed by atoms with Gasteiger partial charge in [-0.2, -0.15) is 13.2 Å². The number of thioether (sulfide) groups is 1. The molecule has 6 nitrogen and oxygen atoms in total. The van der Waals surface area contributed by atoms with Gasteiger partial charge in [-0.25, -0.2) is 9.78 Å². The standard InChI is InChI=1S/C24H22F3N3O3S/c1-2-33-22(32)13-10-17-8-11-19(12-9-17)29-21(31)15-34-23-28-14-20(18-6-4-3-5-7-18)30(23)16-24(25,26)27/h3-14H,2,15-16H2,1H3,(H,29,31)/b13-10+. The first-order valence-electron chi connectivity index (χ1n) is 10.3. The topological polar surface area (TPSA) is 73.2 Å². The Hall–Kier alpha value is -3.53.